The lowest BCUT2D eigenvalue weighted by atomic mass is 10.0. The van der Waals surface area contributed by atoms with E-state index in [9.17, 15) is 18.0 Å². The highest BCUT2D eigenvalue weighted by Crippen LogP contribution is 2.30. The molecule has 0 fully saturated rings. The van der Waals surface area contributed by atoms with Gasteiger partial charge in [-0.1, -0.05) is 12.1 Å². The van der Waals surface area contributed by atoms with Gasteiger partial charge in [0.1, 0.15) is 5.69 Å². The van der Waals surface area contributed by atoms with E-state index in [0.29, 0.717) is 11.1 Å². The monoisotopic (exact) mass is 424 g/mol. The van der Waals surface area contributed by atoms with Crippen molar-refractivity contribution in [2.24, 2.45) is 7.05 Å². The Morgan fingerprint density at radius 2 is 1.90 bits per heavy atom. The second-order valence-electron chi connectivity index (χ2n) is 7.67. The van der Waals surface area contributed by atoms with Gasteiger partial charge in [0.15, 0.2) is 0 Å². The first-order valence-electron chi connectivity index (χ1n) is 9.90. The van der Waals surface area contributed by atoms with E-state index in [0.717, 1.165) is 43.0 Å². The summed E-state index contributed by atoms with van der Waals surface area (Å²) in [6.45, 7) is 1.78. The molecule has 0 aliphatic carbocycles. The number of halogens is 3. The van der Waals surface area contributed by atoms with E-state index >= 15 is 0 Å². The van der Waals surface area contributed by atoms with Crippen molar-refractivity contribution in [2.45, 2.75) is 19.1 Å². The molecule has 5 nitrogen and oxygen atoms in total. The first-order chi connectivity index (χ1) is 14.8. The number of hydrogen-bond acceptors (Lipinski definition) is 3. The van der Waals surface area contributed by atoms with Gasteiger partial charge in [0.2, 0.25) is 0 Å². The van der Waals surface area contributed by atoms with E-state index in [2.05, 4.69) is 20.9 Å². The zero-order chi connectivity index (χ0) is 21.8. The van der Waals surface area contributed by atoms with Gasteiger partial charge in [-0.25, -0.2) is 0 Å². The molecule has 1 N–H and O–H groups in total. The van der Waals surface area contributed by atoms with E-state index in [4.69, 9.17) is 0 Å². The predicted octanol–water partition coefficient (Wildman–Crippen LogP) is 4.06. The zero-order valence-corrected chi connectivity index (χ0v) is 16.7. The molecule has 5 rings (SSSR count). The summed E-state index contributed by atoms with van der Waals surface area (Å²) in [5, 5.41) is 4.59. The van der Waals surface area contributed by atoms with Crippen LogP contribution in [0.2, 0.25) is 0 Å². The number of nitrogens with one attached hydrogen (secondary N) is 1. The van der Waals surface area contributed by atoms with Gasteiger partial charge in [-0.2, -0.15) is 13.2 Å². The molecule has 31 heavy (non-hydrogen) atoms. The van der Waals surface area contributed by atoms with Crippen molar-refractivity contribution >= 4 is 10.9 Å². The van der Waals surface area contributed by atoms with Crippen molar-refractivity contribution in [2.75, 3.05) is 6.54 Å². The van der Waals surface area contributed by atoms with E-state index in [-0.39, 0.29) is 5.56 Å². The third-order valence-corrected chi connectivity index (χ3v) is 5.85. The number of aromatic nitrogens is 3. The third-order valence-electron chi connectivity index (χ3n) is 5.85. The fraction of sp³-hybridized carbons (Fsp3) is 0.217. The van der Waals surface area contributed by atoms with Crippen LogP contribution in [0.15, 0.2) is 59.7 Å². The molecule has 0 radical (unpaired) electrons. The lowest BCUT2D eigenvalue weighted by Gasteiger charge is -2.14. The summed E-state index contributed by atoms with van der Waals surface area (Å²) in [5.41, 5.74) is 4.15. The molecule has 0 unspecified atom stereocenters. The van der Waals surface area contributed by atoms with Crippen LogP contribution >= 0.6 is 0 Å². The Hall–Kier alpha value is -3.39. The quantitative estimate of drug-likeness (QED) is 0.528. The Balaban J connectivity index is 1.52. The first-order valence-corrected chi connectivity index (χ1v) is 9.90. The fourth-order valence-corrected chi connectivity index (χ4v) is 4.23. The average Bonchev–Trinajstić information content (AvgIpc) is 3.05. The molecule has 0 atom stereocenters. The van der Waals surface area contributed by atoms with Gasteiger partial charge in [-0.05, 0) is 48.4 Å². The Morgan fingerprint density at radius 1 is 1.06 bits per heavy atom. The minimum atomic E-state index is -4.49. The van der Waals surface area contributed by atoms with Crippen LogP contribution in [-0.2, 0) is 26.2 Å². The summed E-state index contributed by atoms with van der Waals surface area (Å²) in [7, 11) is 2.03. The van der Waals surface area contributed by atoms with Crippen LogP contribution in [0.25, 0.3) is 27.7 Å². The molecular weight excluding hydrogens is 405 g/mol. The van der Waals surface area contributed by atoms with Crippen molar-refractivity contribution in [3.8, 4) is 16.8 Å². The molecule has 1 aliphatic heterocycles. The van der Waals surface area contributed by atoms with Crippen LogP contribution in [0.5, 0.6) is 0 Å². The molecule has 158 valence electrons. The molecule has 0 bridgehead atoms. The fourth-order valence-electron chi connectivity index (χ4n) is 4.23. The molecule has 0 spiro atoms. The van der Waals surface area contributed by atoms with Crippen molar-refractivity contribution < 1.29 is 13.2 Å². The van der Waals surface area contributed by atoms with Gasteiger partial charge < -0.3 is 9.88 Å². The van der Waals surface area contributed by atoms with Crippen molar-refractivity contribution in [1.29, 1.82) is 0 Å². The van der Waals surface area contributed by atoms with E-state index in [1.807, 2.05) is 19.2 Å². The summed E-state index contributed by atoms with van der Waals surface area (Å²) in [6.07, 6.45) is -0.744. The summed E-state index contributed by atoms with van der Waals surface area (Å²) < 4.78 is 41.9. The van der Waals surface area contributed by atoms with Gasteiger partial charge >= 0.3 is 6.18 Å². The highest BCUT2D eigenvalue weighted by molar-refractivity contribution is 5.87. The largest absolute Gasteiger partial charge is 0.433 e. The lowest BCUT2D eigenvalue weighted by molar-refractivity contribution is -0.141. The van der Waals surface area contributed by atoms with Crippen LogP contribution in [0.3, 0.4) is 0 Å². The highest BCUT2D eigenvalue weighted by Gasteiger charge is 2.32. The van der Waals surface area contributed by atoms with Crippen LogP contribution in [0.4, 0.5) is 13.2 Å². The number of aryl methyl sites for hydroxylation is 1. The Kier molecular flexibility index (Phi) is 4.48. The molecule has 0 amide bonds. The van der Waals surface area contributed by atoms with Crippen LogP contribution in [0.1, 0.15) is 17.0 Å². The van der Waals surface area contributed by atoms with Gasteiger partial charge in [-0.3, -0.25) is 14.3 Å². The zero-order valence-electron chi connectivity index (χ0n) is 16.7. The summed E-state index contributed by atoms with van der Waals surface area (Å²) >= 11 is 0. The highest BCUT2D eigenvalue weighted by atomic mass is 19.4. The lowest BCUT2D eigenvalue weighted by Crippen LogP contribution is -2.24. The first kappa shape index (κ1) is 19.6. The Labute approximate surface area is 175 Å². The van der Waals surface area contributed by atoms with E-state index < -0.39 is 11.9 Å². The molecule has 4 heterocycles. The SMILES string of the molecule is Cn1c2c(c3ccc(-n4ccc(-c5ccc(C(F)(F)F)nc5)cc4=O)cc31)CCNC2. The third kappa shape index (κ3) is 3.33. The maximum atomic E-state index is 12.8. The van der Waals surface area contributed by atoms with Gasteiger partial charge in [0, 0.05) is 48.7 Å². The van der Waals surface area contributed by atoms with Crippen LogP contribution < -0.4 is 10.9 Å². The van der Waals surface area contributed by atoms with Gasteiger partial charge in [0.05, 0.1) is 11.2 Å². The molecule has 4 aromatic rings. The van der Waals surface area contributed by atoms with Crippen molar-refractivity contribution in [3.05, 3.63) is 82.2 Å². The normalized spacial score (nSPS) is 14.1. The number of fused-ring (bicyclic) bond motifs is 3. The number of rotatable bonds is 2. The van der Waals surface area contributed by atoms with Crippen molar-refractivity contribution in [1.82, 2.24) is 19.4 Å². The second-order valence-corrected chi connectivity index (χ2v) is 7.67. The topological polar surface area (TPSA) is 51.9 Å². The van der Waals surface area contributed by atoms with E-state index in [1.54, 1.807) is 12.3 Å². The molecule has 0 saturated carbocycles. The number of alkyl halides is 3. The van der Waals surface area contributed by atoms with Gasteiger partial charge in [-0.15, -0.1) is 0 Å². The average molecular weight is 424 g/mol. The molecule has 1 aromatic carbocycles. The number of pyridine rings is 2. The second kappa shape index (κ2) is 7.09. The number of benzene rings is 1. The van der Waals surface area contributed by atoms with Crippen LogP contribution in [0, 0.1) is 0 Å². The predicted molar refractivity (Wildman–Crippen MR) is 112 cm³/mol. The molecular formula is C23H19F3N4O. The van der Waals surface area contributed by atoms with Crippen molar-refractivity contribution in [3.63, 3.8) is 0 Å². The molecule has 1 aliphatic rings. The Bertz CT molecular complexity index is 1350. The summed E-state index contributed by atoms with van der Waals surface area (Å²) in [5.74, 6) is 0. The number of nitrogens with zero attached hydrogens (tertiary/aromatic N) is 3. The minimum absolute atomic E-state index is 0.266. The molecule has 0 saturated heterocycles. The maximum absolute atomic E-state index is 12.8. The number of hydrogen-bond donors (Lipinski definition) is 1. The molecule has 3 aromatic heterocycles. The summed E-state index contributed by atoms with van der Waals surface area (Å²) in [4.78, 5) is 16.3. The maximum Gasteiger partial charge on any atom is 0.433 e. The van der Waals surface area contributed by atoms with Crippen LogP contribution in [-0.4, -0.2) is 20.7 Å². The van der Waals surface area contributed by atoms with Gasteiger partial charge in [0.25, 0.3) is 5.56 Å². The minimum Gasteiger partial charge on any atom is -0.346 e. The van der Waals surface area contributed by atoms with E-state index in [1.165, 1.54) is 33.3 Å². The smallest absolute Gasteiger partial charge is 0.346 e. The summed E-state index contributed by atoms with van der Waals surface area (Å²) in [6, 6.07) is 11.3. The molecule has 8 heteroatoms. The standard InChI is InChI=1S/C23H19F3N4O/c1-29-19-11-16(3-4-17(19)18-6-8-27-13-20(18)29)30-9-7-14(10-22(30)31)15-2-5-21(28-12-15)23(24,25)26/h2-5,7,9-12,27H,6,8,13H2,1H3. The Morgan fingerprint density at radius 3 is 2.61 bits per heavy atom.